The second-order valence-corrected chi connectivity index (χ2v) is 6.31. The number of aromatic amines is 1. The van der Waals surface area contributed by atoms with Crippen molar-refractivity contribution in [3.05, 3.63) is 58.1 Å². The molecule has 7 nitrogen and oxygen atoms in total. The Hall–Kier alpha value is -3.08. The highest BCUT2D eigenvalue weighted by Gasteiger charge is 2.33. The second kappa shape index (κ2) is 5.73. The van der Waals surface area contributed by atoms with Crippen LogP contribution < -0.4 is 0 Å². The van der Waals surface area contributed by atoms with Gasteiger partial charge in [0.2, 0.25) is 5.78 Å². The first-order valence-electron chi connectivity index (χ1n) is 7.19. The van der Waals surface area contributed by atoms with E-state index in [-0.39, 0.29) is 4.90 Å². The molecular formula is C15H8F3N5O2S. The van der Waals surface area contributed by atoms with E-state index in [2.05, 4.69) is 15.2 Å². The predicted molar refractivity (Wildman–Crippen MR) is 87.1 cm³/mol. The largest absolute Gasteiger partial charge is 0.416 e. The third-order valence-electron chi connectivity index (χ3n) is 3.69. The van der Waals surface area contributed by atoms with E-state index in [1.807, 2.05) is 6.07 Å². The third kappa shape index (κ3) is 2.65. The highest BCUT2D eigenvalue weighted by atomic mass is 32.2. The number of hydrogen-bond acceptors (Lipinski definition) is 5. The zero-order chi connectivity index (χ0) is 18.5. The minimum absolute atomic E-state index is 0.0502. The Morgan fingerprint density at radius 1 is 1.19 bits per heavy atom. The average molecular weight is 379 g/mol. The molecule has 0 aliphatic rings. The van der Waals surface area contributed by atoms with Gasteiger partial charge >= 0.3 is 6.18 Å². The molecule has 0 amide bonds. The van der Waals surface area contributed by atoms with Crippen molar-refractivity contribution in [3.63, 3.8) is 0 Å². The van der Waals surface area contributed by atoms with E-state index in [0.29, 0.717) is 22.5 Å². The number of hydrogen-bond donors (Lipinski definition) is 1. The van der Waals surface area contributed by atoms with Crippen LogP contribution in [0.1, 0.15) is 5.56 Å². The van der Waals surface area contributed by atoms with Crippen LogP contribution in [-0.2, 0) is 6.18 Å². The van der Waals surface area contributed by atoms with E-state index in [0.717, 1.165) is 29.4 Å². The van der Waals surface area contributed by atoms with Gasteiger partial charge in [-0.05, 0) is 36.0 Å². The number of nitrogens with zero attached hydrogens (tertiary/aromatic N) is 4. The Kier molecular flexibility index (Phi) is 3.61. The van der Waals surface area contributed by atoms with Gasteiger partial charge in [0, 0.05) is 6.07 Å². The summed E-state index contributed by atoms with van der Waals surface area (Å²) in [5, 5.41) is 18.3. The van der Waals surface area contributed by atoms with E-state index in [1.165, 1.54) is 0 Å². The smallest absolute Gasteiger partial charge is 0.258 e. The van der Waals surface area contributed by atoms with Gasteiger partial charge in [0.1, 0.15) is 0 Å². The Morgan fingerprint density at radius 3 is 2.69 bits per heavy atom. The summed E-state index contributed by atoms with van der Waals surface area (Å²) in [5.41, 5.74) is -0.280. The summed E-state index contributed by atoms with van der Waals surface area (Å²) in [5.74, 6) is 0.434. The van der Waals surface area contributed by atoms with E-state index in [4.69, 9.17) is 0 Å². The molecule has 0 radical (unpaired) electrons. The van der Waals surface area contributed by atoms with Crippen LogP contribution in [0.15, 0.2) is 52.5 Å². The van der Waals surface area contributed by atoms with Crippen LogP contribution in [0, 0.1) is 10.1 Å². The van der Waals surface area contributed by atoms with Gasteiger partial charge < -0.3 is 0 Å². The van der Waals surface area contributed by atoms with Gasteiger partial charge in [-0.15, -0.1) is 5.10 Å². The highest BCUT2D eigenvalue weighted by Crippen LogP contribution is 2.39. The first kappa shape index (κ1) is 16.4. The van der Waals surface area contributed by atoms with Gasteiger partial charge in [-0.3, -0.25) is 14.5 Å². The molecule has 2 heterocycles. The predicted octanol–water partition coefficient (Wildman–Crippen LogP) is 4.29. The van der Waals surface area contributed by atoms with Crippen molar-refractivity contribution in [2.45, 2.75) is 16.2 Å². The van der Waals surface area contributed by atoms with E-state index < -0.39 is 22.4 Å². The number of imidazole rings is 1. The van der Waals surface area contributed by atoms with Crippen LogP contribution in [0.2, 0.25) is 0 Å². The molecule has 1 N–H and O–H groups in total. The topological polar surface area (TPSA) is 89.1 Å². The Bertz CT molecular complexity index is 1150. The first-order chi connectivity index (χ1) is 12.3. The lowest BCUT2D eigenvalue weighted by atomic mass is 10.2. The lowest BCUT2D eigenvalue weighted by Crippen LogP contribution is -2.06. The van der Waals surface area contributed by atoms with Crippen molar-refractivity contribution in [2.75, 3.05) is 0 Å². The molecule has 0 saturated heterocycles. The lowest BCUT2D eigenvalue weighted by Gasteiger charge is -2.08. The maximum absolute atomic E-state index is 12.8. The molecule has 132 valence electrons. The maximum Gasteiger partial charge on any atom is 0.416 e. The fourth-order valence-corrected chi connectivity index (χ4v) is 3.47. The number of rotatable bonds is 3. The molecule has 0 aliphatic heterocycles. The fourth-order valence-electron chi connectivity index (χ4n) is 2.53. The van der Waals surface area contributed by atoms with Gasteiger partial charge in [0.25, 0.3) is 5.69 Å². The summed E-state index contributed by atoms with van der Waals surface area (Å²) in [4.78, 5) is 14.8. The lowest BCUT2D eigenvalue weighted by molar-refractivity contribution is -0.388. The number of H-pyrrole nitrogens is 1. The minimum Gasteiger partial charge on any atom is -0.258 e. The zero-order valence-corrected chi connectivity index (χ0v) is 13.5. The number of nitro benzene ring substituents is 1. The molecule has 0 saturated carbocycles. The standard InChI is InChI=1S/C15H8F3N5O2S/c16-15(17,18)8-5-6-12(11(7-8)23(24)25)26-14-21-20-13-19-9-3-1-2-4-10(9)22(13)14/h1-7H,(H,19,20). The third-order valence-corrected chi connectivity index (χ3v) is 4.71. The molecule has 0 aliphatic carbocycles. The van der Waals surface area contributed by atoms with E-state index in [9.17, 15) is 23.3 Å². The summed E-state index contributed by atoms with van der Waals surface area (Å²) in [6, 6.07) is 9.63. The quantitative estimate of drug-likeness (QED) is 0.424. The normalized spacial score (nSPS) is 12.1. The SMILES string of the molecule is O=[N+]([O-])c1cc(C(F)(F)F)ccc1Sc1n[nH]c2nc3ccccc3n12. The fraction of sp³-hybridized carbons (Fsp3) is 0.0667. The van der Waals surface area contributed by atoms with Crippen molar-refractivity contribution < 1.29 is 18.1 Å². The van der Waals surface area contributed by atoms with Crippen LogP contribution in [0.25, 0.3) is 16.8 Å². The van der Waals surface area contributed by atoms with Gasteiger partial charge in [0.15, 0.2) is 5.16 Å². The molecule has 0 atom stereocenters. The summed E-state index contributed by atoms with van der Waals surface area (Å²) in [6.45, 7) is 0. The summed E-state index contributed by atoms with van der Waals surface area (Å²) in [7, 11) is 0. The molecule has 26 heavy (non-hydrogen) atoms. The van der Waals surface area contributed by atoms with Crippen LogP contribution >= 0.6 is 11.8 Å². The summed E-state index contributed by atoms with van der Waals surface area (Å²) < 4.78 is 40.1. The molecule has 0 spiro atoms. The van der Waals surface area contributed by atoms with Crippen molar-refractivity contribution >= 4 is 34.3 Å². The number of para-hydroxylation sites is 2. The highest BCUT2D eigenvalue weighted by molar-refractivity contribution is 7.99. The number of nitro groups is 1. The Labute approximate surface area is 147 Å². The zero-order valence-electron chi connectivity index (χ0n) is 12.7. The number of nitrogens with one attached hydrogen (secondary N) is 1. The molecular weight excluding hydrogens is 371 g/mol. The summed E-state index contributed by atoms with van der Waals surface area (Å²) in [6.07, 6.45) is -4.66. The van der Waals surface area contributed by atoms with Gasteiger partial charge in [0.05, 0.1) is 26.4 Å². The van der Waals surface area contributed by atoms with Crippen molar-refractivity contribution in [1.82, 2.24) is 19.6 Å². The van der Waals surface area contributed by atoms with Crippen molar-refractivity contribution in [2.24, 2.45) is 0 Å². The molecule has 4 aromatic rings. The molecule has 2 aromatic carbocycles. The van der Waals surface area contributed by atoms with Gasteiger partial charge in [-0.2, -0.15) is 13.2 Å². The minimum atomic E-state index is -4.66. The molecule has 0 unspecified atom stereocenters. The van der Waals surface area contributed by atoms with Crippen molar-refractivity contribution in [3.8, 4) is 0 Å². The van der Waals surface area contributed by atoms with Crippen LogP contribution in [0.3, 0.4) is 0 Å². The molecule has 2 aromatic heterocycles. The Balaban J connectivity index is 1.82. The monoisotopic (exact) mass is 379 g/mol. The van der Waals surface area contributed by atoms with Gasteiger partial charge in [-0.1, -0.05) is 12.1 Å². The Morgan fingerprint density at radius 2 is 1.96 bits per heavy atom. The molecule has 0 bridgehead atoms. The molecule has 4 rings (SSSR count). The second-order valence-electron chi connectivity index (χ2n) is 5.31. The number of alkyl halides is 3. The van der Waals surface area contributed by atoms with Crippen LogP contribution in [-0.4, -0.2) is 24.5 Å². The first-order valence-corrected chi connectivity index (χ1v) is 8.01. The number of fused-ring (bicyclic) bond motifs is 3. The number of benzene rings is 2. The van der Waals surface area contributed by atoms with E-state index in [1.54, 1.807) is 22.6 Å². The van der Waals surface area contributed by atoms with Gasteiger partial charge in [-0.25, -0.2) is 10.1 Å². The average Bonchev–Trinajstić information content (AvgIpc) is 3.14. The number of halogens is 3. The van der Waals surface area contributed by atoms with Crippen LogP contribution in [0.5, 0.6) is 0 Å². The maximum atomic E-state index is 12.8. The molecule has 11 heteroatoms. The number of aromatic nitrogens is 4. The van der Waals surface area contributed by atoms with Crippen LogP contribution in [0.4, 0.5) is 18.9 Å². The summed E-state index contributed by atoms with van der Waals surface area (Å²) >= 11 is 0.889. The molecule has 0 fully saturated rings. The van der Waals surface area contributed by atoms with Crippen molar-refractivity contribution in [1.29, 1.82) is 0 Å². The van der Waals surface area contributed by atoms with E-state index >= 15 is 0 Å².